The number of amides is 3. The van der Waals surface area contributed by atoms with Crippen LogP contribution in [0.2, 0.25) is 10.0 Å². The molecule has 1 aliphatic heterocycles. The number of hydrogen-bond donors (Lipinski definition) is 2. The maximum absolute atomic E-state index is 13.6. The van der Waals surface area contributed by atoms with Crippen molar-refractivity contribution in [3.05, 3.63) is 93.7 Å². The fourth-order valence-electron chi connectivity index (χ4n) is 4.58. The van der Waals surface area contributed by atoms with Gasteiger partial charge in [-0.25, -0.2) is 4.21 Å². The van der Waals surface area contributed by atoms with E-state index in [1.54, 1.807) is 67.0 Å². The Morgan fingerprint density at radius 1 is 1.05 bits per heavy atom. The predicted octanol–water partition coefficient (Wildman–Crippen LogP) is 2.87. The molecule has 3 amide bonds. The summed E-state index contributed by atoms with van der Waals surface area (Å²) in [4.78, 5) is 47.3. The molecule has 0 radical (unpaired) electrons. The zero-order chi connectivity index (χ0) is 29.6. The minimum absolute atomic E-state index is 0.0916. The summed E-state index contributed by atoms with van der Waals surface area (Å²) in [6.07, 6.45) is 4.00. The van der Waals surface area contributed by atoms with E-state index in [2.05, 4.69) is 16.2 Å². The third kappa shape index (κ3) is 8.29. The lowest BCUT2D eigenvalue weighted by Gasteiger charge is -2.40. The quantitative estimate of drug-likeness (QED) is 0.321. The van der Waals surface area contributed by atoms with Gasteiger partial charge in [-0.1, -0.05) is 41.4 Å². The smallest absolute Gasteiger partial charge is 0.246 e. The van der Waals surface area contributed by atoms with E-state index in [1.807, 2.05) is 0 Å². The Morgan fingerprint density at radius 3 is 2.41 bits per heavy atom. The first-order valence-electron chi connectivity index (χ1n) is 12.9. The highest BCUT2D eigenvalue weighted by Gasteiger charge is 2.40. The van der Waals surface area contributed by atoms with Crippen LogP contribution in [-0.2, 0) is 43.5 Å². The second kappa shape index (κ2) is 13.5. The van der Waals surface area contributed by atoms with E-state index in [0.717, 1.165) is 16.7 Å². The van der Waals surface area contributed by atoms with Crippen molar-refractivity contribution in [2.24, 2.45) is 5.14 Å². The molecule has 1 saturated heterocycles. The van der Waals surface area contributed by atoms with E-state index in [-0.39, 0.29) is 43.8 Å². The highest BCUT2D eigenvalue weighted by atomic mass is 35.5. The normalized spacial score (nSPS) is 16.9. The number of pyridine rings is 1. The maximum Gasteiger partial charge on any atom is 0.246 e. The molecule has 0 aliphatic carbocycles. The van der Waals surface area contributed by atoms with Crippen LogP contribution in [0, 0.1) is 0 Å². The fourth-order valence-corrected chi connectivity index (χ4v) is 5.68. The Labute approximate surface area is 249 Å². The first-order chi connectivity index (χ1) is 19.5. The van der Waals surface area contributed by atoms with Gasteiger partial charge in [0.2, 0.25) is 17.7 Å². The van der Waals surface area contributed by atoms with Crippen molar-refractivity contribution >= 4 is 56.5 Å². The summed E-state index contributed by atoms with van der Waals surface area (Å²) in [5.74, 6) is 2.58. The maximum atomic E-state index is 13.6. The standard InChI is InChI=1S/C29H31Cl2N5O4S/c1-41(32,40)24-6-2-20(3-7-24)10-14-34-27(37)17-26-29(39)35(15-11-22-4-5-23(30)16-25(22)31)19-28(38)36(26)18-21-8-12-33-13-9-21/h2-9,12-13,16,26H,1,10-11,14-15,17-19H2,(H2,32,40)(H,34,37). The number of aromatic nitrogens is 1. The average Bonchev–Trinajstić information content (AvgIpc) is 2.93. The Balaban J connectivity index is 1.42. The Bertz CT molecular complexity index is 1520. The van der Waals surface area contributed by atoms with Crippen LogP contribution in [0.4, 0.5) is 0 Å². The molecular formula is C29H31Cl2N5O4S. The van der Waals surface area contributed by atoms with Crippen molar-refractivity contribution < 1.29 is 18.6 Å². The highest BCUT2D eigenvalue weighted by molar-refractivity contribution is 7.98. The van der Waals surface area contributed by atoms with Crippen molar-refractivity contribution in [2.75, 3.05) is 19.6 Å². The molecule has 41 heavy (non-hydrogen) atoms. The molecule has 0 bridgehead atoms. The van der Waals surface area contributed by atoms with Gasteiger partial charge in [0.05, 0.1) is 22.7 Å². The number of nitrogens with two attached hydrogens (primary N) is 1. The molecule has 3 N–H and O–H groups in total. The number of nitrogens with one attached hydrogen (secondary N) is 1. The largest absolute Gasteiger partial charge is 0.356 e. The van der Waals surface area contributed by atoms with Crippen LogP contribution in [0.15, 0.2) is 71.9 Å². The van der Waals surface area contributed by atoms with Gasteiger partial charge >= 0.3 is 0 Å². The summed E-state index contributed by atoms with van der Waals surface area (Å²) >= 11 is 12.3. The molecule has 12 heteroatoms. The van der Waals surface area contributed by atoms with Crippen molar-refractivity contribution in [3.63, 3.8) is 0 Å². The Kier molecular flexibility index (Phi) is 10.0. The summed E-state index contributed by atoms with van der Waals surface area (Å²) in [7, 11) is -2.79. The van der Waals surface area contributed by atoms with E-state index < -0.39 is 15.7 Å². The molecule has 4 rings (SSSR count). The molecule has 1 aromatic heterocycles. The first kappa shape index (κ1) is 30.5. The monoisotopic (exact) mass is 615 g/mol. The number of hydrogen-bond acceptors (Lipinski definition) is 5. The minimum Gasteiger partial charge on any atom is -0.356 e. The number of halogens is 2. The summed E-state index contributed by atoms with van der Waals surface area (Å²) in [6.45, 7) is 0.681. The summed E-state index contributed by atoms with van der Waals surface area (Å²) < 4.78 is 11.9. The zero-order valence-electron chi connectivity index (χ0n) is 22.3. The van der Waals surface area contributed by atoms with Crippen molar-refractivity contribution in [1.29, 1.82) is 0 Å². The van der Waals surface area contributed by atoms with Crippen molar-refractivity contribution in [2.45, 2.75) is 36.7 Å². The van der Waals surface area contributed by atoms with Gasteiger partial charge in [0.1, 0.15) is 6.04 Å². The number of rotatable bonds is 11. The molecule has 3 aromatic rings. The van der Waals surface area contributed by atoms with Gasteiger partial charge in [-0.3, -0.25) is 24.5 Å². The van der Waals surface area contributed by atoms with Gasteiger partial charge in [-0.2, -0.15) is 0 Å². The molecule has 1 aliphatic rings. The summed E-state index contributed by atoms with van der Waals surface area (Å²) in [5, 5.41) is 9.42. The van der Waals surface area contributed by atoms with Gasteiger partial charge in [-0.05, 0) is 71.8 Å². The number of carbonyl (C=O) groups excluding carboxylic acids is 3. The topological polar surface area (TPSA) is 126 Å². The number of carbonyl (C=O) groups is 3. The van der Waals surface area contributed by atoms with Gasteiger partial charge < -0.3 is 15.1 Å². The van der Waals surface area contributed by atoms with Gasteiger partial charge in [0, 0.05) is 47.0 Å². The fraction of sp³-hybridized carbons (Fsp3) is 0.276. The average molecular weight is 617 g/mol. The van der Waals surface area contributed by atoms with Crippen molar-refractivity contribution in [3.8, 4) is 0 Å². The summed E-state index contributed by atoms with van der Waals surface area (Å²) in [6, 6.07) is 14.6. The third-order valence-electron chi connectivity index (χ3n) is 6.82. The lowest BCUT2D eigenvalue weighted by Crippen LogP contribution is -2.60. The molecule has 2 atom stereocenters. The minimum atomic E-state index is -2.79. The molecule has 2 heterocycles. The molecule has 0 saturated carbocycles. The molecule has 2 aromatic carbocycles. The van der Waals surface area contributed by atoms with Crippen LogP contribution in [0.5, 0.6) is 0 Å². The van der Waals surface area contributed by atoms with E-state index in [9.17, 15) is 18.6 Å². The second-order valence-corrected chi connectivity index (χ2v) is 12.6. The van der Waals surface area contributed by atoms with Crippen LogP contribution in [0.3, 0.4) is 0 Å². The highest BCUT2D eigenvalue weighted by Crippen LogP contribution is 2.23. The van der Waals surface area contributed by atoms with E-state index in [0.29, 0.717) is 34.3 Å². The first-order valence-corrected chi connectivity index (χ1v) is 15.5. The number of piperazine rings is 1. The third-order valence-corrected chi connectivity index (χ3v) is 8.48. The van der Waals surface area contributed by atoms with Gasteiger partial charge in [-0.15, -0.1) is 0 Å². The van der Waals surface area contributed by atoms with Crippen LogP contribution in [0.25, 0.3) is 0 Å². The lowest BCUT2D eigenvalue weighted by atomic mass is 10.0. The SMILES string of the molecule is C=S(N)(=O)c1ccc(CCNC(=O)CC2C(=O)N(CCc3ccc(Cl)cc3Cl)CC(=O)N2Cc2ccncc2)cc1. The molecule has 216 valence electrons. The summed E-state index contributed by atoms with van der Waals surface area (Å²) in [5.41, 5.74) is 2.52. The van der Waals surface area contributed by atoms with E-state index in [4.69, 9.17) is 28.3 Å². The van der Waals surface area contributed by atoms with Crippen LogP contribution in [0.1, 0.15) is 23.1 Å². The van der Waals surface area contributed by atoms with Crippen LogP contribution in [-0.4, -0.2) is 68.3 Å². The Hall–Kier alpha value is -3.44. The Morgan fingerprint density at radius 2 is 1.76 bits per heavy atom. The predicted molar refractivity (Wildman–Crippen MR) is 161 cm³/mol. The second-order valence-electron chi connectivity index (χ2n) is 9.81. The zero-order valence-corrected chi connectivity index (χ0v) is 24.6. The van der Waals surface area contributed by atoms with Crippen LogP contribution >= 0.6 is 23.2 Å². The van der Waals surface area contributed by atoms with E-state index in [1.165, 1.54) is 9.80 Å². The molecule has 1 fully saturated rings. The molecule has 2 unspecified atom stereocenters. The molecule has 9 nitrogen and oxygen atoms in total. The van der Waals surface area contributed by atoms with Crippen LogP contribution < -0.4 is 10.5 Å². The lowest BCUT2D eigenvalue weighted by molar-refractivity contribution is -0.157. The molecular weight excluding hydrogens is 585 g/mol. The van der Waals surface area contributed by atoms with Gasteiger partial charge in [0.25, 0.3) is 0 Å². The van der Waals surface area contributed by atoms with E-state index >= 15 is 0 Å². The number of nitrogens with zero attached hydrogens (tertiary/aromatic N) is 3. The molecule has 0 spiro atoms. The van der Waals surface area contributed by atoms with Gasteiger partial charge in [0.15, 0.2) is 0 Å². The van der Waals surface area contributed by atoms with Crippen molar-refractivity contribution in [1.82, 2.24) is 20.1 Å². The number of benzene rings is 2.